The van der Waals surface area contributed by atoms with Gasteiger partial charge in [-0.05, 0) is 24.6 Å². The molecule has 0 saturated heterocycles. The molecule has 1 N–H and O–H groups in total. The number of nitrogens with one attached hydrogen (secondary N) is 1. The number of nitriles is 1. The molecular weight excluding hydrogens is 314 g/mol. The number of benzene rings is 1. The summed E-state index contributed by atoms with van der Waals surface area (Å²) >= 11 is 0. The monoisotopic (exact) mass is 339 g/mol. The van der Waals surface area contributed by atoms with Crippen molar-refractivity contribution in [3.05, 3.63) is 29.8 Å². The third-order valence-corrected chi connectivity index (χ3v) is 5.58. The van der Waals surface area contributed by atoms with Crippen molar-refractivity contribution in [3.8, 4) is 11.8 Å². The normalized spacial score (nSPS) is 13.6. The molecule has 1 aromatic carbocycles. The second-order valence-corrected chi connectivity index (χ2v) is 7.98. The van der Waals surface area contributed by atoms with Crippen LogP contribution in [0.5, 0.6) is 5.75 Å². The summed E-state index contributed by atoms with van der Waals surface area (Å²) in [5, 5.41) is 8.70. The lowest BCUT2D eigenvalue weighted by Gasteiger charge is -2.28. The van der Waals surface area contributed by atoms with Gasteiger partial charge >= 0.3 is 0 Å². The zero-order valence-electron chi connectivity index (χ0n) is 14.3. The van der Waals surface area contributed by atoms with Gasteiger partial charge in [0.1, 0.15) is 5.75 Å². The van der Waals surface area contributed by atoms with E-state index in [2.05, 4.69) is 4.72 Å². The summed E-state index contributed by atoms with van der Waals surface area (Å²) in [6.45, 7) is 5.90. The first-order chi connectivity index (χ1) is 10.6. The molecule has 0 spiro atoms. The van der Waals surface area contributed by atoms with Gasteiger partial charge in [-0.1, -0.05) is 26.0 Å². The van der Waals surface area contributed by atoms with E-state index in [1.807, 2.05) is 44.2 Å². The van der Waals surface area contributed by atoms with Crippen molar-refractivity contribution in [2.24, 2.45) is 0 Å². The van der Waals surface area contributed by atoms with Crippen molar-refractivity contribution < 1.29 is 13.2 Å². The molecular formula is C16H25N3O3S. The van der Waals surface area contributed by atoms with Crippen molar-refractivity contribution in [2.75, 3.05) is 20.7 Å². The highest BCUT2D eigenvalue weighted by atomic mass is 32.2. The predicted octanol–water partition coefficient (Wildman–Crippen LogP) is 2.04. The van der Waals surface area contributed by atoms with Gasteiger partial charge in [0.15, 0.2) is 0 Å². The molecule has 23 heavy (non-hydrogen) atoms. The van der Waals surface area contributed by atoms with Gasteiger partial charge in [-0.25, -0.2) is 4.72 Å². The zero-order valence-corrected chi connectivity index (χ0v) is 15.1. The molecule has 0 amide bonds. The molecule has 0 aliphatic carbocycles. The van der Waals surface area contributed by atoms with Crippen molar-refractivity contribution in [1.29, 1.82) is 5.26 Å². The second-order valence-electron chi connectivity index (χ2n) is 6.17. The minimum Gasteiger partial charge on any atom is -0.497 e. The Morgan fingerprint density at radius 1 is 1.35 bits per heavy atom. The zero-order chi connectivity index (χ0) is 17.7. The first-order valence-electron chi connectivity index (χ1n) is 7.38. The molecule has 0 radical (unpaired) electrons. The molecule has 6 nitrogen and oxygen atoms in total. The molecule has 7 heteroatoms. The molecule has 0 aliphatic heterocycles. The lowest BCUT2D eigenvalue weighted by molar-refractivity contribution is 0.380. The van der Waals surface area contributed by atoms with Crippen molar-refractivity contribution in [1.82, 2.24) is 9.03 Å². The Morgan fingerprint density at radius 2 is 1.91 bits per heavy atom. The van der Waals surface area contributed by atoms with E-state index in [1.165, 1.54) is 11.4 Å². The molecule has 0 heterocycles. The Kier molecular flexibility index (Phi) is 6.57. The maximum atomic E-state index is 12.3. The molecule has 1 atom stereocenters. The van der Waals surface area contributed by atoms with Gasteiger partial charge < -0.3 is 4.74 Å². The average Bonchev–Trinajstić information content (AvgIpc) is 2.52. The summed E-state index contributed by atoms with van der Waals surface area (Å²) in [4.78, 5) is 0. The van der Waals surface area contributed by atoms with Crippen molar-refractivity contribution >= 4 is 10.2 Å². The van der Waals surface area contributed by atoms with E-state index in [1.54, 1.807) is 14.0 Å². The molecule has 0 aliphatic rings. The lowest BCUT2D eigenvalue weighted by atomic mass is 9.85. The van der Waals surface area contributed by atoms with Crippen LogP contribution in [-0.4, -0.2) is 39.5 Å². The highest BCUT2D eigenvalue weighted by Gasteiger charge is 2.27. The average molecular weight is 339 g/mol. The number of hydrogen-bond acceptors (Lipinski definition) is 4. The van der Waals surface area contributed by atoms with Crippen molar-refractivity contribution in [3.63, 3.8) is 0 Å². The van der Waals surface area contributed by atoms with E-state index in [0.29, 0.717) is 0 Å². The van der Waals surface area contributed by atoms with Crippen LogP contribution in [-0.2, 0) is 15.6 Å². The molecule has 1 rings (SSSR count). The highest BCUT2D eigenvalue weighted by Crippen LogP contribution is 2.25. The Morgan fingerprint density at radius 3 is 2.39 bits per heavy atom. The Hall–Kier alpha value is -1.62. The van der Waals surface area contributed by atoms with Gasteiger partial charge in [-0.15, -0.1) is 0 Å². The van der Waals surface area contributed by atoms with E-state index in [0.717, 1.165) is 11.3 Å². The number of rotatable bonds is 8. The van der Waals surface area contributed by atoms with E-state index >= 15 is 0 Å². The van der Waals surface area contributed by atoms with Gasteiger partial charge in [0.2, 0.25) is 0 Å². The summed E-state index contributed by atoms with van der Waals surface area (Å²) in [7, 11) is -0.548. The maximum absolute atomic E-state index is 12.3. The van der Waals surface area contributed by atoms with Crippen LogP contribution in [0.3, 0.4) is 0 Å². The van der Waals surface area contributed by atoms with Crippen LogP contribution in [0.4, 0.5) is 0 Å². The minimum absolute atomic E-state index is 0.152. The fourth-order valence-electron chi connectivity index (χ4n) is 2.02. The van der Waals surface area contributed by atoms with E-state index in [-0.39, 0.29) is 24.4 Å². The summed E-state index contributed by atoms with van der Waals surface area (Å²) in [5.74, 6) is 0.759. The molecule has 0 unspecified atom stereocenters. The van der Waals surface area contributed by atoms with Crippen LogP contribution in [0, 0.1) is 11.3 Å². The van der Waals surface area contributed by atoms with Gasteiger partial charge in [-0.2, -0.15) is 18.0 Å². The largest absolute Gasteiger partial charge is 0.497 e. The van der Waals surface area contributed by atoms with Gasteiger partial charge in [0, 0.05) is 25.0 Å². The first kappa shape index (κ1) is 19.4. The Labute approximate surface area is 139 Å². The molecule has 0 bridgehead atoms. The number of nitrogens with zero attached hydrogens (tertiary/aromatic N) is 2. The van der Waals surface area contributed by atoms with Gasteiger partial charge in [0.25, 0.3) is 10.2 Å². The van der Waals surface area contributed by atoms with E-state index in [9.17, 15) is 8.42 Å². The Balaban J connectivity index is 2.79. The van der Waals surface area contributed by atoms with Crippen LogP contribution < -0.4 is 9.46 Å². The van der Waals surface area contributed by atoms with Crippen molar-refractivity contribution in [2.45, 2.75) is 38.6 Å². The maximum Gasteiger partial charge on any atom is 0.279 e. The number of ether oxygens (including phenoxy) is 1. The van der Waals surface area contributed by atoms with Gasteiger partial charge in [-0.3, -0.25) is 0 Å². The minimum atomic E-state index is -3.63. The topological polar surface area (TPSA) is 82.4 Å². The quantitative estimate of drug-likeness (QED) is 0.786. The highest BCUT2D eigenvalue weighted by molar-refractivity contribution is 7.87. The van der Waals surface area contributed by atoms with E-state index < -0.39 is 10.2 Å². The van der Waals surface area contributed by atoms with Gasteiger partial charge in [0.05, 0.1) is 19.6 Å². The Bertz CT molecular complexity index is 648. The molecule has 1 aromatic rings. The predicted molar refractivity (Wildman–Crippen MR) is 90.4 cm³/mol. The second kappa shape index (κ2) is 7.77. The van der Waals surface area contributed by atoms with E-state index in [4.69, 9.17) is 10.00 Å². The van der Waals surface area contributed by atoms with Crippen LogP contribution in [0.25, 0.3) is 0 Å². The number of methoxy groups -OCH3 is 1. The standard InChI is InChI=1S/C16H25N3O3S/c1-13(10-11-17)19(4)23(20,21)18-12-16(2,3)14-6-8-15(22-5)9-7-14/h6-9,13,18H,10,12H2,1-5H3/t13-/m1/s1. The SMILES string of the molecule is COc1ccc(C(C)(C)CNS(=O)(=O)N(C)[C@H](C)CC#N)cc1. The molecule has 0 aromatic heterocycles. The fraction of sp³-hybridized carbons (Fsp3) is 0.562. The molecule has 0 saturated carbocycles. The summed E-state index contributed by atoms with van der Waals surface area (Å²) < 4.78 is 33.6. The molecule has 0 fully saturated rings. The molecule has 128 valence electrons. The van der Waals surface area contributed by atoms with Crippen LogP contribution in [0.1, 0.15) is 32.8 Å². The summed E-state index contributed by atoms with van der Waals surface area (Å²) in [6, 6.07) is 9.17. The first-order valence-corrected chi connectivity index (χ1v) is 8.82. The van der Waals surface area contributed by atoms with Crippen LogP contribution in [0.2, 0.25) is 0 Å². The summed E-state index contributed by atoms with van der Waals surface area (Å²) in [6.07, 6.45) is 0.152. The van der Waals surface area contributed by atoms with Crippen LogP contribution in [0.15, 0.2) is 24.3 Å². The lowest BCUT2D eigenvalue weighted by Crippen LogP contribution is -2.46. The van der Waals surface area contributed by atoms with Crippen LogP contribution >= 0.6 is 0 Å². The number of hydrogen-bond donors (Lipinski definition) is 1. The third kappa shape index (κ3) is 5.20. The fourth-order valence-corrected chi connectivity index (χ4v) is 3.31. The third-order valence-electron chi connectivity index (χ3n) is 3.95. The smallest absolute Gasteiger partial charge is 0.279 e. The summed E-state index contributed by atoms with van der Waals surface area (Å²) in [5.41, 5.74) is 0.632.